The number of amides is 3. The number of fused-ring (bicyclic) bond motifs is 1. The number of hydrogen-bond donors (Lipinski definition) is 3. The zero-order chi connectivity index (χ0) is 33.9. The van der Waals surface area contributed by atoms with E-state index in [-0.39, 0.29) is 18.8 Å². The lowest BCUT2D eigenvalue weighted by atomic mass is 9.86. The number of benzene rings is 1. The lowest BCUT2D eigenvalue weighted by Gasteiger charge is -2.33. The molecule has 3 aromatic rings. The van der Waals surface area contributed by atoms with Crippen LogP contribution in [0.15, 0.2) is 41.8 Å². The van der Waals surface area contributed by atoms with Crippen LogP contribution in [-0.4, -0.2) is 83.0 Å². The number of nitrogens with one attached hydrogen (secondary N) is 2. The first-order valence-electron chi connectivity index (χ1n) is 15.3. The molecular formula is C31H36F2N6O6S2. The Morgan fingerprint density at radius 3 is 2.36 bits per heavy atom. The molecule has 0 spiro atoms. The van der Waals surface area contributed by atoms with E-state index >= 15 is 0 Å². The molecule has 3 fully saturated rings. The molecule has 1 aromatic carbocycles. The molecule has 3 heterocycles. The molecule has 12 nitrogen and oxygen atoms in total. The van der Waals surface area contributed by atoms with E-state index in [1.807, 2.05) is 40.4 Å². The summed E-state index contributed by atoms with van der Waals surface area (Å²) >= 11 is 1.43. The van der Waals surface area contributed by atoms with Gasteiger partial charge in [-0.25, -0.2) is 27.2 Å². The molecule has 2 aromatic heterocycles. The van der Waals surface area contributed by atoms with Gasteiger partial charge in [-0.05, 0) is 48.3 Å². The number of sulfonamides is 1. The average Bonchev–Trinajstić information content (AvgIpc) is 3.89. The number of carbonyl (C=O) groups excluding carboxylic acids is 3. The van der Waals surface area contributed by atoms with Crippen LogP contribution in [0.2, 0.25) is 0 Å². The average molecular weight is 691 g/mol. The number of rotatable bonds is 10. The molecule has 5 atom stereocenters. The molecule has 1 unspecified atom stereocenters. The van der Waals surface area contributed by atoms with Gasteiger partial charge in [-0.3, -0.25) is 19.1 Å². The minimum atomic E-state index is -4.08. The van der Waals surface area contributed by atoms with Gasteiger partial charge in [0, 0.05) is 6.42 Å². The molecule has 3 amide bonds. The van der Waals surface area contributed by atoms with Crippen molar-refractivity contribution in [1.29, 1.82) is 0 Å². The van der Waals surface area contributed by atoms with Crippen molar-refractivity contribution in [2.75, 3.05) is 6.54 Å². The molecule has 1 saturated heterocycles. The molecule has 6 rings (SSSR count). The highest BCUT2D eigenvalue weighted by atomic mass is 32.2. The second-order valence-electron chi connectivity index (χ2n) is 13.5. The Kier molecular flexibility index (Phi) is 8.49. The fraction of sp³-hybridized carbons (Fsp3) is 0.516. The first-order valence-corrected chi connectivity index (χ1v) is 17.7. The van der Waals surface area contributed by atoms with Crippen molar-refractivity contribution in [2.45, 2.75) is 81.9 Å². The Bertz CT molecular complexity index is 1810. The van der Waals surface area contributed by atoms with Gasteiger partial charge in [-0.15, -0.1) is 11.3 Å². The Morgan fingerprint density at radius 2 is 1.79 bits per heavy atom. The number of likely N-dealkylation sites (tertiary alicyclic amines) is 1. The summed E-state index contributed by atoms with van der Waals surface area (Å²) in [6.45, 7) is 5.21. The van der Waals surface area contributed by atoms with Gasteiger partial charge in [-0.1, -0.05) is 39.0 Å². The van der Waals surface area contributed by atoms with E-state index in [4.69, 9.17) is 15.5 Å². The molecule has 4 N–H and O–H groups in total. The van der Waals surface area contributed by atoms with Gasteiger partial charge in [0.25, 0.3) is 5.91 Å². The zero-order valence-electron chi connectivity index (χ0n) is 26.0. The van der Waals surface area contributed by atoms with E-state index in [1.165, 1.54) is 16.2 Å². The number of para-hydroxylation sites is 2. The van der Waals surface area contributed by atoms with Gasteiger partial charge >= 0.3 is 0 Å². The first kappa shape index (κ1) is 33.2. The third kappa shape index (κ3) is 6.54. The van der Waals surface area contributed by atoms with Crippen molar-refractivity contribution < 1.29 is 36.3 Å². The molecule has 2 aliphatic carbocycles. The minimum absolute atomic E-state index is 0.0791. The second-order valence-corrected chi connectivity index (χ2v) is 16.4. The van der Waals surface area contributed by atoms with Gasteiger partial charge < -0.3 is 20.7 Å². The minimum Gasteiger partial charge on any atom is -0.471 e. The number of thiophene rings is 1. The van der Waals surface area contributed by atoms with Crippen LogP contribution in [0.5, 0.6) is 5.88 Å². The number of carbonyl (C=O) groups is 3. The number of nitrogens with two attached hydrogens (primary N) is 1. The number of halogens is 2. The van der Waals surface area contributed by atoms with E-state index in [2.05, 4.69) is 10.3 Å². The highest BCUT2D eigenvalue weighted by Gasteiger charge is 2.66. The highest BCUT2D eigenvalue weighted by molar-refractivity contribution is 7.91. The predicted molar refractivity (Wildman–Crippen MR) is 170 cm³/mol. The summed E-state index contributed by atoms with van der Waals surface area (Å²) in [5, 5.41) is 3.52. The third-order valence-electron chi connectivity index (χ3n) is 8.89. The zero-order valence-corrected chi connectivity index (χ0v) is 27.6. The fourth-order valence-electron chi connectivity index (χ4n) is 5.76. The standard InChI is InChI=1S/C31H36F2N6O6S2/c1-30(2,3)24(34)28(41)39-15-16(45-27-23(22-9-6-12-46-22)35-19-7-4-5-8-20(19)36-27)13-21(39)26(40)37-31(14-18(31)25(32)33)29(42)38-47(43,44)17-10-11-17/h4-9,12,16-18,21,24-25H,10-11,13-15,34H2,1-3H3,(H,37,40)(H,38,42)/t16-,18+,21?,24-,31-/m1/s1. The van der Waals surface area contributed by atoms with Crippen LogP contribution in [-0.2, 0) is 24.4 Å². The predicted octanol–water partition coefficient (Wildman–Crippen LogP) is 2.83. The monoisotopic (exact) mass is 690 g/mol. The van der Waals surface area contributed by atoms with Crippen molar-refractivity contribution in [3.05, 3.63) is 41.8 Å². The maximum absolute atomic E-state index is 13.9. The Balaban J connectivity index is 1.29. The largest absolute Gasteiger partial charge is 0.471 e. The quantitative estimate of drug-likeness (QED) is 0.289. The Morgan fingerprint density at radius 1 is 1.11 bits per heavy atom. The lowest BCUT2D eigenvalue weighted by Crippen LogP contribution is -2.59. The van der Waals surface area contributed by atoms with E-state index in [0.717, 1.165) is 4.88 Å². The topological polar surface area (TPSA) is 174 Å². The number of alkyl halides is 2. The molecule has 2 saturated carbocycles. The second kappa shape index (κ2) is 12.0. The normalized spacial score (nSPS) is 25.1. The fourth-order valence-corrected chi connectivity index (χ4v) is 7.83. The third-order valence-corrected chi connectivity index (χ3v) is 11.6. The molecule has 47 heavy (non-hydrogen) atoms. The van der Waals surface area contributed by atoms with Gasteiger partial charge in [0.1, 0.15) is 23.4 Å². The van der Waals surface area contributed by atoms with Crippen molar-refractivity contribution in [3.63, 3.8) is 0 Å². The molecule has 252 valence electrons. The summed E-state index contributed by atoms with van der Waals surface area (Å²) in [4.78, 5) is 52.3. The number of hydrogen-bond acceptors (Lipinski definition) is 10. The van der Waals surface area contributed by atoms with Gasteiger partial charge in [-0.2, -0.15) is 0 Å². The molecular weight excluding hydrogens is 655 g/mol. The number of nitrogens with zero attached hydrogens (tertiary/aromatic N) is 3. The molecule has 0 bridgehead atoms. The Hall–Kier alpha value is -3.76. The molecule has 0 radical (unpaired) electrons. The van der Waals surface area contributed by atoms with Crippen LogP contribution < -0.4 is 20.5 Å². The van der Waals surface area contributed by atoms with Gasteiger partial charge in [0.2, 0.25) is 34.1 Å². The first-order chi connectivity index (χ1) is 22.1. The van der Waals surface area contributed by atoms with E-state index < -0.39 is 80.9 Å². The summed E-state index contributed by atoms with van der Waals surface area (Å²) < 4.78 is 61.1. The maximum Gasteiger partial charge on any atom is 0.259 e. The van der Waals surface area contributed by atoms with E-state index in [1.54, 1.807) is 26.8 Å². The van der Waals surface area contributed by atoms with Crippen molar-refractivity contribution >= 4 is 50.1 Å². The molecule has 16 heteroatoms. The van der Waals surface area contributed by atoms with Crippen LogP contribution in [0, 0.1) is 11.3 Å². The van der Waals surface area contributed by atoms with E-state index in [0.29, 0.717) is 29.6 Å². The van der Waals surface area contributed by atoms with Crippen LogP contribution in [0.1, 0.15) is 46.5 Å². The lowest BCUT2D eigenvalue weighted by molar-refractivity contribution is -0.142. The summed E-state index contributed by atoms with van der Waals surface area (Å²) in [6, 6.07) is 8.67. The van der Waals surface area contributed by atoms with E-state index in [9.17, 15) is 31.6 Å². The Labute approximate surface area is 274 Å². The number of ether oxygens (including phenoxy) is 1. The summed E-state index contributed by atoms with van der Waals surface area (Å²) in [5.41, 5.74) is 5.17. The van der Waals surface area contributed by atoms with Gasteiger partial charge in [0.15, 0.2) is 0 Å². The van der Waals surface area contributed by atoms with Crippen molar-refractivity contribution in [2.24, 2.45) is 17.1 Å². The molecule has 3 aliphatic rings. The van der Waals surface area contributed by atoms with Crippen LogP contribution >= 0.6 is 11.3 Å². The van der Waals surface area contributed by atoms with Crippen LogP contribution in [0.25, 0.3) is 21.6 Å². The summed E-state index contributed by atoms with van der Waals surface area (Å²) in [5.74, 6) is -4.09. The number of aromatic nitrogens is 2. The highest BCUT2D eigenvalue weighted by Crippen LogP contribution is 2.48. The maximum atomic E-state index is 13.9. The molecule has 1 aliphatic heterocycles. The summed E-state index contributed by atoms with van der Waals surface area (Å²) in [7, 11) is -4.08. The SMILES string of the molecule is CC(C)(C)[C@H](N)C(=O)N1C[C@H](Oc2nc3ccccc3nc2-c2cccs2)CC1C(=O)N[C@]1(C(=O)NS(=O)(=O)C2CC2)C[C@H]1C(F)F. The van der Waals surface area contributed by atoms with Gasteiger partial charge in [0.05, 0.1) is 39.7 Å². The van der Waals surface area contributed by atoms with Crippen molar-refractivity contribution in [3.8, 4) is 16.5 Å². The van der Waals surface area contributed by atoms with Crippen LogP contribution in [0.4, 0.5) is 8.78 Å². The smallest absolute Gasteiger partial charge is 0.259 e. The summed E-state index contributed by atoms with van der Waals surface area (Å²) in [6.07, 6.45) is -3.62. The van der Waals surface area contributed by atoms with Crippen LogP contribution in [0.3, 0.4) is 0 Å². The van der Waals surface area contributed by atoms with Crippen molar-refractivity contribution in [1.82, 2.24) is 24.9 Å².